The summed E-state index contributed by atoms with van der Waals surface area (Å²) in [6.07, 6.45) is 0. The number of hydrogen-bond donors (Lipinski definition) is 0. The van der Waals surface area contributed by atoms with Gasteiger partial charge in [-0.15, -0.1) is 37.0 Å². The van der Waals surface area contributed by atoms with Gasteiger partial charge in [0, 0.05) is 371 Å². The van der Waals surface area contributed by atoms with Gasteiger partial charge in [-0.05, 0) is 48.9 Å². The fourth-order valence-corrected chi connectivity index (χ4v) is 6.37. The maximum Gasteiger partial charge on any atom is 0.213 e. The van der Waals surface area contributed by atoms with Crippen LogP contribution >= 0.6 is 37.0 Å². The Morgan fingerprint density at radius 2 is 0.500 bits per heavy atom. The second-order valence-corrected chi connectivity index (χ2v) is 11.3. The molecule has 8 nitrogen and oxygen atoms in total. The van der Waals surface area contributed by atoms with E-state index >= 15 is 0 Å². The molecule has 4 aromatic heterocycles. The number of methoxy groups -OCH3 is 4. The first-order valence-corrected chi connectivity index (χ1v) is 14.5. The first kappa shape index (κ1) is 67.4. The molecule has 0 bridgehead atoms. The van der Waals surface area contributed by atoms with Crippen molar-refractivity contribution in [3.8, 4) is 45.8 Å². The Morgan fingerprint density at radius 3 is 0.604 bits per heavy atom. The molecule has 48 heavy (non-hydrogen) atoms. The van der Waals surface area contributed by atoms with Crippen LogP contribution in [0, 0.1) is 330 Å². The van der Waals surface area contributed by atoms with Gasteiger partial charge in [-0.25, -0.2) is 19.9 Å². The van der Waals surface area contributed by atoms with Crippen molar-refractivity contribution in [2.75, 3.05) is 28.4 Å². The molecule has 4 atom stereocenters. The number of aromatic nitrogens is 4. The van der Waals surface area contributed by atoms with E-state index in [4.69, 9.17) is 18.9 Å². The van der Waals surface area contributed by atoms with E-state index in [0.29, 0.717) is 23.5 Å². The summed E-state index contributed by atoms with van der Waals surface area (Å²) in [4.78, 5) is 17.8. The van der Waals surface area contributed by atoms with E-state index in [1.807, 2.05) is 52.0 Å². The topological polar surface area (TPSA) is 88.5 Å². The predicted octanol–water partition coefficient (Wildman–Crippen LogP) is 3.56. The van der Waals surface area contributed by atoms with E-state index in [1.165, 1.54) is 0 Å². The molecule has 0 aromatic carbocycles. The fourth-order valence-electron chi connectivity index (χ4n) is 4.39. The summed E-state index contributed by atoms with van der Waals surface area (Å²) in [6.45, 7) is 7.89. The van der Waals surface area contributed by atoms with Crippen LogP contribution in [0.15, 0.2) is 24.3 Å². The van der Waals surface area contributed by atoms with Gasteiger partial charge >= 0.3 is 0 Å². The zero-order valence-electron chi connectivity index (χ0n) is 26.9. The summed E-state index contributed by atoms with van der Waals surface area (Å²) in [7, 11) is 17.4. The molecule has 0 aliphatic carbocycles. The van der Waals surface area contributed by atoms with Gasteiger partial charge in [0.2, 0.25) is 23.5 Å². The molecule has 0 saturated heterocycles. The van der Waals surface area contributed by atoms with Gasteiger partial charge in [0.1, 0.15) is 0 Å². The Labute approximate surface area is 534 Å². The largest absolute Gasteiger partial charge is 0.481 e. The summed E-state index contributed by atoms with van der Waals surface area (Å²) >= 11 is 0. The van der Waals surface area contributed by atoms with Crippen molar-refractivity contribution in [3.05, 3.63) is 47.0 Å². The minimum absolute atomic E-state index is 0. The van der Waals surface area contributed by atoms with E-state index < -0.39 is 0 Å². The first-order valence-electron chi connectivity index (χ1n) is 12.2. The van der Waals surface area contributed by atoms with Gasteiger partial charge in [0.15, 0.2) is 0 Å². The Bertz CT molecular complexity index is 1260. The molecule has 4 unspecified atom stereocenters. The third-order valence-corrected chi connectivity index (χ3v) is 7.99. The fraction of sp³-hybridized carbons (Fsp3) is 0.286. The van der Waals surface area contributed by atoms with Gasteiger partial charge in [-0.1, -0.05) is 0 Å². The van der Waals surface area contributed by atoms with Gasteiger partial charge in [-0.3, -0.25) is 0 Å². The number of nitrogens with zero attached hydrogens (tertiary/aromatic N) is 4. The summed E-state index contributed by atoms with van der Waals surface area (Å²) in [6, 6.07) is 7.61. The number of pyridine rings is 4. The van der Waals surface area contributed by atoms with Crippen LogP contribution in [-0.2, 0) is 0 Å². The Kier molecular flexibility index (Phi) is 48.2. The maximum absolute atomic E-state index is 5.20. The molecule has 0 aliphatic rings. The van der Waals surface area contributed by atoms with Crippen molar-refractivity contribution in [1.82, 2.24) is 19.9 Å². The molecular weight excluding hydrogens is 900 g/mol. The van der Waals surface area contributed by atoms with Gasteiger partial charge in [0.05, 0.1) is 28.4 Å². The molecule has 4 rings (SSSR count). The molecule has 0 saturated carbocycles. The number of rotatable bonds is 6. The van der Waals surface area contributed by atoms with Crippen LogP contribution < -0.4 is 40.2 Å². The zero-order chi connectivity index (χ0) is 29.7. The average molecular weight is 936 g/mol. The van der Waals surface area contributed by atoms with Crippen LogP contribution in [0.2, 0.25) is 0 Å². The number of aryl methyl sites for hydroxylation is 4. The van der Waals surface area contributed by atoms with Gasteiger partial charge in [0.25, 0.3) is 0 Å². The zero-order valence-corrected chi connectivity index (χ0v) is 37.1. The van der Waals surface area contributed by atoms with Crippen LogP contribution in [0.3, 0.4) is 0 Å². The minimum Gasteiger partial charge on any atom is -0.481 e. The standard InChI is InChI=1S/2C14H18N2O2P2.8Ar/c2*1-7-13(9(19)5-11(15-7)17-3)14-8(2)16-12(18-4)6-10(14)20;;;;;;;;/h2*5-6H,19-20H2,1-4H3;;;;;;;;. The Balaban J connectivity index is -0.000000157. The van der Waals surface area contributed by atoms with E-state index in [9.17, 15) is 0 Å². The van der Waals surface area contributed by atoms with E-state index in [1.54, 1.807) is 28.4 Å². The van der Waals surface area contributed by atoms with Crippen molar-refractivity contribution < 1.29 is 321 Å². The molecule has 20 heteroatoms. The molecule has 0 spiro atoms. The van der Waals surface area contributed by atoms with E-state index in [-0.39, 0.29) is 302 Å². The number of hydrogen-bond acceptors (Lipinski definition) is 8. The van der Waals surface area contributed by atoms with Crippen molar-refractivity contribution in [1.29, 1.82) is 0 Å². The molecule has 0 aliphatic heterocycles. The van der Waals surface area contributed by atoms with Gasteiger partial charge in [-0.2, -0.15) is 0 Å². The van der Waals surface area contributed by atoms with Crippen molar-refractivity contribution in [2.45, 2.75) is 27.7 Å². The maximum atomic E-state index is 5.20. The minimum atomic E-state index is 0. The third kappa shape index (κ3) is 19.3. The van der Waals surface area contributed by atoms with Crippen LogP contribution in [0.25, 0.3) is 22.3 Å². The first-order chi connectivity index (χ1) is 18.9. The van der Waals surface area contributed by atoms with Crippen LogP contribution in [-0.4, -0.2) is 48.4 Å². The molecule has 0 fully saturated rings. The summed E-state index contributed by atoms with van der Waals surface area (Å²) in [5.74, 6) is 2.45. The molecule has 0 radical (unpaired) electrons. The van der Waals surface area contributed by atoms with Gasteiger partial charge < -0.3 is 18.9 Å². The second kappa shape index (κ2) is 34.3. The normalized spacial score (nSPS) is 8.75. The Morgan fingerprint density at radius 1 is 0.354 bits per heavy atom. The molecular formula is C28H36Ar8N4O4P4. The quantitative estimate of drug-likeness (QED) is 0.272. The van der Waals surface area contributed by atoms with Crippen molar-refractivity contribution in [2.24, 2.45) is 0 Å². The third-order valence-electron chi connectivity index (χ3n) is 6.17. The monoisotopic (exact) mass is 936 g/mol. The Hall–Kier alpha value is 7.60. The molecule has 276 valence electrons. The summed E-state index contributed by atoms with van der Waals surface area (Å²) in [5, 5.41) is 4.14. The summed E-state index contributed by atoms with van der Waals surface area (Å²) < 4.78 is 20.8. The predicted molar refractivity (Wildman–Crippen MR) is 177 cm³/mol. The van der Waals surface area contributed by atoms with Crippen LogP contribution in [0.5, 0.6) is 23.5 Å². The van der Waals surface area contributed by atoms with E-state index in [0.717, 1.165) is 66.2 Å². The van der Waals surface area contributed by atoms with E-state index in [2.05, 4.69) is 56.9 Å². The van der Waals surface area contributed by atoms with Crippen molar-refractivity contribution >= 4 is 58.2 Å². The van der Waals surface area contributed by atoms with Crippen LogP contribution in [0.4, 0.5) is 0 Å². The molecule has 0 N–H and O–H groups in total. The number of ether oxygens (including phenoxy) is 4. The molecule has 4 aromatic rings. The average Bonchev–Trinajstić information content (AvgIpc) is 2.90. The molecule has 4 heterocycles. The smallest absolute Gasteiger partial charge is 0.213 e. The summed E-state index contributed by atoms with van der Waals surface area (Å²) in [5.41, 5.74) is 7.89. The molecule has 0 amide bonds. The van der Waals surface area contributed by atoms with Crippen LogP contribution in [0.1, 0.15) is 22.8 Å². The van der Waals surface area contributed by atoms with Crippen molar-refractivity contribution in [3.63, 3.8) is 0 Å². The SMILES string of the molecule is COc1cc(P)c(-c2c(P)cc(OC)nc2C)c(C)n1.COc1cc(P)c(-c2c(P)cc(OC)nc2C)c(C)n1.[Ar].[Ar].[Ar].[Ar].[Ar].[Ar].[Ar].[Ar]. The second-order valence-electron chi connectivity index (χ2n) is 8.86.